The quantitative estimate of drug-likeness (QED) is 0.812. The Morgan fingerprint density at radius 1 is 1.38 bits per heavy atom. The number of hydrogen-bond donors (Lipinski definition) is 2. The van der Waals surface area contributed by atoms with E-state index >= 15 is 0 Å². The van der Waals surface area contributed by atoms with Gasteiger partial charge in [-0.3, -0.25) is 4.68 Å². The average Bonchev–Trinajstić information content (AvgIpc) is 2.81. The van der Waals surface area contributed by atoms with Crippen LogP contribution in [0.3, 0.4) is 0 Å². The van der Waals surface area contributed by atoms with Crippen LogP contribution in [0.15, 0.2) is 29.4 Å². The van der Waals surface area contributed by atoms with Crippen LogP contribution in [-0.2, 0) is 16.6 Å². The van der Waals surface area contributed by atoms with Crippen LogP contribution in [0, 0.1) is 19.7 Å². The van der Waals surface area contributed by atoms with Gasteiger partial charge in [-0.15, -0.1) is 0 Å². The van der Waals surface area contributed by atoms with Crippen LogP contribution in [0.2, 0.25) is 0 Å². The summed E-state index contributed by atoms with van der Waals surface area (Å²) in [5.41, 5.74) is 6.47. The van der Waals surface area contributed by atoms with Crippen molar-refractivity contribution in [1.82, 2.24) is 14.5 Å². The third kappa shape index (κ3) is 3.59. The van der Waals surface area contributed by atoms with Crippen LogP contribution < -0.4 is 10.5 Å². The molecular weight excluding hydrogens is 295 g/mol. The summed E-state index contributed by atoms with van der Waals surface area (Å²) in [5.74, 6) is -0.596. The normalized spacial score (nSPS) is 11.8. The van der Waals surface area contributed by atoms with Crippen molar-refractivity contribution in [2.24, 2.45) is 0 Å². The Morgan fingerprint density at radius 3 is 2.67 bits per heavy atom. The van der Waals surface area contributed by atoms with Gasteiger partial charge < -0.3 is 5.73 Å². The van der Waals surface area contributed by atoms with Gasteiger partial charge in [-0.1, -0.05) is 0 Å². The fourth-order valence-corrected chi connectivity index (χ4v) is 3.03. The molecule has 21 heavy (non-hydrogen) atoms. The predicted molar refractivity (Wildman–Crippen MR) is 77.7 cm³/mol. The molecule has 0 fully saturated rings. The molecule has 0 saturated heterocycles. The number of nitrogens with one attached hydrogen (secondary N) is 1. The molecule has 8 heteroatoms. The molecule has 1 aromatic carbocycles. The van der Waals surface area contributed by atoms with E-state index in [1.165, 1.54) is 13.0 Å². The van der Waals surface area contributed by atoms with E-state index in [4.69, 9.17) is 5.73 Å². The Balaban J connectivity index is 2.08. The van der Waals surface area contributed by atoms with Gasteiger partial charge in [0, 0.05) is 12.7 Å². The first kappa shape index (κ1) is 15.5. The van der Waals surface area contributed by atoms with Crippen LogP contribution in [-0.4, -0.2) is 24.7 Å². The summed E-state index contributed by atoms with van der Waals surface area (Å²) in [4.78, 5) is -0.0458. The minimum absolute atomic E-state index is 0.0458. The Labute approximate surface area is 122 Å². The van der Waals surface area contributed by atoms with Gasteiger partial charge in [0.25, 0.3) is 0 Å². The maximum Gasteiger partial charge on any atom is 0.240 e. The van der Waals surface area contributed by atoms with Crippen LogP contribution in [0.4, 0.5) is 10.1 Å². The maximum atomic E-state index is 13.4. The smallest absolute Gasteiger partial charge is 0.240 e. The Morgan fingerprint density at radius 2 is 2.10 bits per heavy atom. The lowest BCUT2D eigenvalue weighted by atomic mass is 10.2. The van der Waals surface area contributed by atoms with Crippen molar-refractivity contribution in [3.63, 3.8) is 0 Å². The molecule has 0 atom stereocenters. The molecule has 0 amide bonds. The Kier molecular flexibility index (Phi) is 4.29. The monoisotopic (exact) mass is 312 g/mol. The summed E-state index contributed by atoms with van der Waals surface area (Å²) < 4.78 is 41.8. The van der Waals surface area contributed by atoms with Crippen molar-refractivity contribution < 1.29 is 12.8 Å². The van der Waals surface area contributed by atoms with Crippen LogP contribution in [0.1, 0.15) is 11.1 Å². The molecule has 0 radical (unpaired) electrons. The first-order valence-corrected chi connectivity index (χ1v) is 7.82. The lowest BCUT2D eigenvalue weighted by molar-refractivity contribution is 0.560. The number of nitrogens with zero attached hydrogens (tertiary/aromatic N) is 2. The molecule has 2 rings (SSSR count). The Bertz CT molecular complexity index is 732. The van der Waals surface area contributed by atoms with Crippen molar-refractivity contribution in [1.29, 1.82) is 0 Å². The summed E-state index contributed by atoms with van der Waals surface area (Å²) in [6, 6.07) is 2.37. The van der Waals surface area contributed by atoms with Crippen molar-refractivity contribution in [2.75, 3.05) is 12.3 Å². The second-order valence-corrected chi connectivity index (χ2v) is 6.59. The van der Waals surface area contributed by atoms with E-state index in [0.29, 0.717) is 6.54 Å². The van der Waals surface area contributed by atoms with E-state index in [2.05, 4.69) is 9.82 Å². The van der Waals surface area contributed by atoms with Crippen molar-refractivity contribution in [3.8, 4) is 0 Å². The number of nitrogens with two attached hydrogens (primary N) is 1. The van der Waals surface area contributed by atoms with E-state index < -0.39 is 15.8 Å². The number of aryl methyl sites for hydroxylation is 2. The maximum absolute atomic E-state index is 13.4. The number of aromatic nitrogens is 2. The van der Waals surface area contributed by atoms with E-state index in [9.17, 15) is 12.8 Å². The first-order valence-electron chi connectivity index (χ1n) is 6.34. The topological polar surface area (TPSA) is 90.0 Å². The molecule has 0 aliphatic rings. The number of hydrogen-bond acceptors (Lipinski definition) is 4. The summed E-state index contributed by atoms with van der Waals surface area (Å²) in [6.45, 7) is 3.96. The second kappa shape index (κ2) is 5.82. The molecule has 1 aromatic heterocycles. The first-order chi connectivity index (χ1) is 9.79. The summed E-state index contributed by atoms with van der Waals surface area (Å²) in [5, 5.41) is 4.06. The summed E-state index contributed by atoms with van der Waals surface area (Å²) in [7, 11) is -3.72. The SMILES string of the molecule is Cc1cnn(CCNS(=O)(=O)c2cc(C)c(F)c(N)c2)c1. The third-order valence-electron chi connectivity index (χ3n) is 2.96. The van der Waals surface area contributed by atoms with Crippen LogP contribution >= 0.6 is 0 Å². The second-order valence-electron chi connectivity index (χ2n) is 4.82. The minimum atomic E-state index is -3.72. The molecular formula is C13H17FN4O2S. The van der Waals surface area contributed by atoms with Crippen LogP contribution in [0.5, 0.6) is 0 Å². The molecule has 0 aliphatic carbocycles. The Hall–Kier alpha value is -1.93. The molecule has 0 saturated carbocycles. The van der Waals surface area contributed by atoms with Crippen molar-refractivity contribution in [2.45, 2.75) is 25.3 Å². The molecule has 0 aliphatic heterocycles. The molecule has 6 nitrogen and oxygen atoms in total. The highest BCUT2D eigenvalue weighted by Gasteiger charge is 2.17. The van der Waals surface area contributed by atoms with Gasteiger partial charge in [-0.2, -0.15) is 5.10 Å². The van der Waals surface area contributed by atoms with Gasteiger partial charge in [-0.05, 0) is 37.1 Å². The lowest BCUT2D eigenvalue weighted by Crippen LogP contribution is -2.27. The molecule has 2 aromatic rings. The zero-order chi connectivity index (χ0) is 15.6. The van der Waals surface area contributed by atoms with Crippen molar-refractivity contribution >= 4 is 15.7 Å². The summed E-state index contributed by atoms with van der Waals surface area (Å²) in [6.07, 6.45) is 3.51. The fourth-order valence-electron chi connectivity index (χ4n) is 1.88. The molecule has 0 unspecified atom stereocenters. The van der Waals surface area contributed by atoms with Gasteiger partial charge in [0.2, 0.25) is 10.0 Å². The number of halogens is 1. The molecule has 114 valence electrons. The summed E-state index contributed by atoms with van der Waals surface area (Å²) >= 11 is 0. The van der Waals surface area contributed by atoms with E-state index in [1.54, 1.807) is 10.9 Å². The number of benzene rings is 1. The molecule has 1 heterocycles. The number of sulfonamides is 1. The molecule has 3 N–H and O–H groups in total. The standard InChI is InChI=1S/C13H17FN4O2S/c1-9-7-16-18(8-9)4-3-17-21(19,20)11-5-10(2)13(14)12(15)6-11/h5-8,17H,3-4,15H2,1-2H3. The van der Waals surface area contributed by atoms with Crippen LogP contribution in [0.25, 0.3) is 0 Å². The van der Waals surface area contributed by atoms with E-state index in [0.717, 1.165) is 11.6 Å². The van der Waals surface area contributed by atoms with Gasteiger partial charge in [0.15, 0.2) is 0 Å². The number of rotatable bonds is 5. The molecule has 0 bridgehead atoms. The predicted octanol–water partition coefficient (Wildman–Crippen LogP) is 1.20. The number of nitrogen functional groups attached to an aromatic ring is 1. The van der Waals surface area contributed by atoms with E-state index in [1.807, 2.05) is 13.1 Å². The van der Waals surface area contributed by atoms with Gasteiger partial charge in [-0.25, -0.2) is 17.5 Å². The number of anilines is 1. The molecule has 0 spiro atoms. The fraction of sp³-hybridized carbons (Fsp3) is 0.308. The highest BCUT2D eigenvalue weighted by molar-refractivity contribution is 7.89. The largest absolute Gasteiger partial charge is 0.396 e. The zero-order valence-electron chi connectivity index (χ0n) is 11.8. The zero-order valence-corrected chi connectivity index (χ0v) is 12.6. The lowest BCUT2D eigenvalue weighted by Gasteiger charge is -2.09. The van der Waals surface area contributed by atoms with Crippen molar-refractivity contribution in [3.05, 3.63) is 41.5 Å². The average molecular weight is 312 g/mol. The highest BCUT2D eigenvalue weighted by atomic mass is 32.2. The van der Waals surface area contributed by atoms with E-state index in [-0.39, 0.29) is 22.7 Å². The third-order valence-corrected chi connectivity index (χ3v) is 4.40. The van der Waals surface area contributed by atoms with Gasteiger partial charge >= 0.3 is 0 Å². The van der Waals surface area contributed by atoms with Gasteiger partial charge in [0.1, 0.15) is 5.82 Å². The highest BCUT2D eigenvalue weighted by Crippen LogP contribution is 2.20. The minimum Gasteiger partial charge on any atom is -0.396 e. The van der Waals surface area contributed by atoms with Gasteiger partial charge in [0.05, 0.1) is 23.3 Å².